The highest BCUT2D eigenvalue weighted by Crippen LogP contribution is 2.30. The van der Waals surface area contributed by atoms with Crippen LogP contribution in [0.5, 0.6) is 0 Å². The number of amides is 2. The number of aryl methyl sites for hydroxylation is 1. The van der Waals surface area contributed by atoms with E-state index in [1.807, 2.05) is 22.6 Å². The molecular formula is C21H23FN4O2S. The maximum atomic E-state index is 13.2. The van der Waals surface area contributed by atoms with Gasteiger partial charge in [0.05, 0.1) is 17.1 Å². The molecule has 3 aromatic rings. The number of carbonyl (C=O) groups excluding carboxylic acids is 2. The Hall–Kier alpha value is -2.74. The second-order valence-electron chi connectivity index (χ2n) is 7.35. The van der Waals surface area contributed by atoms with Gasteiger partial charge in [-0.1, -0.05) is 12.1 Å². The van der Waals surface area contributed by atoms with E-state index in [4.69, 9.17) is 0 Å². The minimum absolute atomic E-state index is 0.00401. The van der Waals surface area contributed by atoms with Gasteiger partial charge in [0.15, 0.2) is 0 Å². The molecule has 0 radical (unpaired) electrons. The van der Waals surface area contributed by atoms with Crippen LogP contribution in [-0.2, 0) is 11.3 Å². The van der Waals surface area contributed by atoms with Crippen LogP contribution in [0.15, 0.2) is 30.3 Å². The number of carbonyl (C=O) groups is 2. The molecule has 4 rings (SSSR count). The molecule has 0 bridgehead atoms. The van der Waals surface area contributed by atoms with E-state index >= 15 is 0 Å². The number of aromatic nitrogens is 2. The molecule has 2 amide bonds. The van der Waals surface area contributed by atoms with Crippen LogP contribution < -0.4 is 0 Å². The first kappa shape index (κ1) is 19.6. The van der Waals surface area contributed by atoms with E-state index in [0.717, 1.165) is 27.9 Å². The van der Waals surface area contributed by atoms with Crippen molar-refractivity contribution in [3.05, 3.63) is 52.3 Å². The van der Waals surface area contributed by atoms with Gasteiger partial charge in [-0.15, -0.1) is 11.3 Å². The first-order chi connectivity index (χ1) is 13.9. The highest BCUT2D eigenvalue weighted by molar-refractivity contribution is 7.20. The summed E-state index contributed by atoms with van der Waals surface area (Å²) in [5.41, 5.74) is 1.82. The second-order valence-corrected chi connectivity index (χ2v) is 8.38. The Morgan fingerprint density at radius 1 is 1.10 bits per heavy atom. The number of rotatable bonds is 3. The van der Waals surface area contributed by atoms with Crippen molar-refractivity contribution < 1.29 is 14.0 Å². The van der Waals surface area contributed by atoms with Gasteiger partial charge in [-0.2, -0.15) is 5.10 Å². The molecule has 1 aromatic carbocycles. The van der Waals surface area contributed by atoms with Crippen molar-refractivity contribution in [2.45, 2.75) is 26.8 Å². The molecule has 1 aliphatic heterocycles. The lowest BCUT2D eigenvalue weighted by Crippen LogP contribution is -2.36. The molecule has 1 fully saturated rings. The van der Waals surface area contributed by atoms with Crippen molar-refractivity contribution in [3.63, 3.8) is 0 Å². The molecule has 0 N–H and O–H groups in total. The van der Waals surface area contributed by atoms with Crippen LogP contribution in [-0.4, -0.2) is 57.6 Å². The van der Waals surface area contributed by atoms with Crippen LogP contribution in [0, 0.1) is 12.7 Å². The third-order valence-electron chi connectivity index (χ3n) is 5.29. The fourth-order valence-corrected chi connectivity index (χ4v) is 4.81. The fraction of sp³-hybridized carbons (Fsp3) is 0.381. The van der Waals surface area contributed by atoms with Gasteiger partial charge in [-0.25, -0.2) is 4.39 Å². The van der Waals surface area contributed by atoms with Gasteiger partial charge >= 0.3 is 0 Å². The Labute approximate surface area is 172 Å². The topological polar surface area (TPSA) is 58.4 Å². The zero-order valence-electron chi connectivity index (χ0n) is 16.5. The minimum atomic E-state index is -0.264. The van der Waals surface area contributed by atoms with Gasteiger partial charge in [-0.05, 0) is 37.1 Å². The molecule has 3 heterocycles. The van der Waals surface area contributed by atoms with Crippen molar-refractivity contribution >= 4 is 33.4 Å². The van der Waals surface area contributed by atoms with E-state index < -0.39 is 0 Å². The molecule has 152 valence electrons. The zero-order chi connectivity index (χ0) is 20.5. The van der Waals surface area contributed by atoms with Crippen LogP contribution in [0.2, 0.25) is 0 Å². The van der Waals surface area contributed by atoms with E-state index in [2.05, 4.69) is 5.10 Å². The summed E-state index contributed by atoms with van der Waals surface area (Å²) in [6.45, 7) is 6.49. The zero-order valence-corrected chi connectivity index (χ0v) is 17.3. The summed E-state index contributed by atoms with van der Waals surface area (Å²) >= 11 is 1.44. The quantitative estimate of drug-likeness (QED) is 0.661. The lowest BCUT2D eigenvalue weighted by atomic mass is 10.2. The van der Waals surface area contributed by atoms with Crippen molar-refractivity contribution in [2.24, 2.45) is 0 Å². The Morgan fingerprint density at radius 2 is 1.79 bits per heavy atom. The highest BCUT2D eigenvalue weighted by Gasteiger charge is 2.24. The summed E-state index contributed by atoms with van der Waals surface area (Å²) in [4.78, 5) is 29.9. The van der Waals surface area contributed by atoms with Gasteiger partial charge in [0.25, 0.3) is 5.91 Å². The number of nitrogens with zero attached hydrogens (tertiary/aromatic N) is 4. The van der Waals surface area contributed by atoms with Gasteiger partial charge in [0.1, 0.15) is 10.6 Å². The van der Waals surface area contributed by atoms with Crippen LogP contribution in [0.4, 0.5) is 4.39 Å². The largest absolute Gasteiger partial charge is 0.341 e. The summed E-state index contributed by atoms with van der Waals surface area (Å²) in [7, 11) is 0. The first-order valence-corrected chi connectivity index (χ1v) is 10.5. The lowest BCUT2D eigenvalue weighted by molar-refractivity contribution is -0.128. The summed E-state index contributed by atoms with van der Waals surface area (Å²) in [5.74, 6) is -0.206. The van der Waals surface area contributed by atoms with E-state index in [1.54, 1.807) is 24.0 Å². The van der Waals surface area contributed by atoms with Crippen molar-refractivity contribution in [1.82, 2.24) is 19.6 Å². The third kappa shape index (κ3) is 4.03. The third-order valence-corrected chi connectivity index (χ3v) is 6.43. The molecule has 0 aliphatic carbocycles. The summed E-state index contributed by atoms with van der Waals surface area (Å²) in [6, 6.07) is 8.29. The molecule has 1 saturated heterocycles. The van der Waals surface area contributed by atoms with Crippen LogP contribution in [0.25, 0.3) is 10.2 Å². The Bertz CT molecular complexity index is 1060. The molecule has 2 aromatic heterocycles. The minimum Gasteiger partial charge on any atom is -0.341 e. The number of benzene rings is 1. The van der Waals surface area contributed by atoms with Crippen LogP contribution in [0.3, 0.4) is 0 Å². The number of hydrogen-bond acceptors (Lipinski definition) is 4. The Kier molecular flexibility index (Phi) is 5.36. The Balaban J connectivity index is 1.56. The number of thiophene rings is 1. The van der Waals surface area contributed by atoms with Gasteiger partial charge < -0.3 is 9.80 Å². The van der Waals surface area contributed by atoms with E-state index in [1.165, 1.54) is 23.5 Å². The van der Waals surface area contributed by atoms with Crippen molar-refractivity contribution in [3.8, 4) is 0 Å². The molecule has 0 atom stereocenters. The molecule has 1 aliphatic rings. The van der Waals surface area contributed by atoms with Gasteiger partial charge in [-0.3, -0.25) is 14.3 Å². The predicted octanol–water partition coefficient (Wildman–Crippen LogP) is 3.29. The van der Waals surface area contributed by atoms with Gasteiger partial charge in [0.2, 0.25) is 5.91 Å². The van der Waals surface area contributed by atoms with Gasteiger partial charge in [0, 0.05) is 38.5 Å². The SMILES string of the molecule is CC(=O)N1CCCN(C(=O)c2cc3c(C)nn(Cc4ccc(F)cc4)c3s2)CC1. The maximum Gasteiger partial charge on any atom is 0.264 e. The molecule has 8 heteroatoms. The predicted molar refractivity (Wildman–Crippen MR) is 111 cm³/mol. The average molecular weight is 415 g/mol. The summed E-state index contributed by atoms with van der Waals surface area (Å²) in [5, 5.41) is 5.56. The molecule has 0 unspecified atom stereocenters. The van der Waals surface area contributed by atoms with E-state index in [0.29, 0.717) is 37.6 Å². The number of hydrogen-bond donors (Lipinski definition) is 0. The highest BCUT2D eigenvalue weighted by atomic mass is 32.1. The molecule has 0 spiro atoms. The maximum absolute atomic E-state index is 13.2. The number of halogens is 1. The normalized spacial score (nSPS) is 15.0. The second kappa shape index (κ2) is 7.94. The van der Waals surface area contributed by atoms with Crippen LogP contribution in [0.1, 0.15) is 34.3 Å². The van der Waals surface area contributed by atoms with E-state index in [9.17, 15) is 14.0 Å². The first-order valence-electron chi connectivity index (χ1n) is 9.68. The Morgan fingerprint density at radius 3 is 2.52 bits per heavy atom. The molecular weight excluding hydrogens is 391 g/mol. The van der Waals surface area contributed by atoms with E-state index in [-0.39, 0.29) is 17.6 Å². The summed E-state index contributed by atoms with van der Waals surface area (Å²) < 4.78 is 15.0. The monoisotopic (exact) mass is 414 g/mol. The van der Waals surface area contributed by atoms with Crippen molar-refractivity contribution in [1.29, 1.82) is 0 Å². The molecule has 6 nitrogen and oxygen atoms in total. The summed E-state index contributed by atoms with van der Waals surface area (Å²) in [6.07, 6.45) is 0.785. The molecule has 29 heavy (non-hydrogen) atoms. The smallest absolute Gasteiger partial charge is 0.264 e. The fourth-order valence-electron chi connectivity index (χ4n) is 3.68. The average Bonchev–Trinajstić information content (AvgIpc) is 3.14. The lowest BCUT2D eigenvalue weighted by Gasteiger charge is -2.20. The molecule has 0 saturated carbocycles. The van der Waals surface area contributed by atoms with Crippen molar-refractivity contribution in [2.75, 3.05) is 26.2 Å². The standard InChI is InChI=1S/C21H23FN4O2S/c1-14-18-12-19(20(28)25-9-3-8-24(10-11-25)15(2)27)29-21(18)26(23-14)13-16-4-6-17(22)7-5-16/h4-7,12H,3,8-11,13H2,1-2H3. The van der Waals surface area contributed by atoms with Crippen LogP contribution >= 0.6 is 11.3 Å². The number of fused-ring (bicyclic) bond motifs is 1.